The molecule has 31 heavy (non-hydrogen) atoms. The number of halogens is 2. The van der Waals surface area contributed by atoms with Crippen LogP contribution in [-0.2, 0) is 16.9 Å². The molecule has 0 spiro atoms. The summed E-state index contributed by atoms with van der Waals surface area (Å²) in [4.78, 5) is 27.3. The van der Waals surface area contributed by atoms with E-state index < -0.39 is 17.7 Å². The Kier molecular flexibility index (Phi) is 5.87. The van der Waals surface area contributed by atoms with Gasteiger partial charge in [-0.05, 0) is 36.2 Å². The zero-order valence-electron chi connectivity index (χ0n) is 16.3. The van der Waals surface area contributed by atoms with Gasteiger partial charge in [-0.3, -0.25) is 9.69 Å². The SMILES string of the molecule is O=C1Nc2ccccc2[C@](O)(C(=O)NCCc2ccccc2)N1c1ccc(Cl)c(Cl)c1. The van der Waals surface area contributed by atoms with Crippen molar-refractivity contribution in [2.24, 2.45) is 0 Å². The van der Waals surface area contributed by atoms with E-state index in [0.29, 0.717) is 17.1 Å². The number of urea groups is 1. The monoisotopic (exact) mass is 455 g/mol. The molecule has 0 aromatic heterocycles. The van der Waals surface area contributed by atoms with Crippen molar-refractivity contribution in [3.8, 4) is 0 Å². The number of benzene rings is 3. The van der Waals surface area contributed by atoms with E-state index in [1.165, 1.54) is 18.2 Å². The molecule has 8 heteroatoms. The van der Waals surface area contributed by atoms with Crippen molar-refractivity contribution in [2.75, 3.05) is 16.8 Å². The van der Waals surface area contributed by atoms with Gasteiger partial charge in [-0.2, -0.15) is 0 Å². The maximum Gasteiger partial charge on any atom is 0.329 e. The minimum absolute atomic E-state index is 0.192. The average Bonchev–Trinajstić information content (AvgIpc) is 2.77. The van der Waals surface area contributed by atoms with Gasteiger partial charge in [0.05, 0.1) is 21.4 Å². The first-order valence-corrected chi connectivity index (χ1v) is 10.4. The summed E-state index contributed by atoms with van der Waals surface area (Å²) < 4.78 is 0. The van der Waals surface area contributed by atoms with Crippen LogP contribution in [0.4, 0.5) is 16.2 Å². The quantitative estimate of drug-likeness (QED) is 0.527. The van der Waals surface area contributed by atoms with Crippen molar-refractivity contribution in [1.82, 2.24) is 5.32 Å². The number of nitrogens with one attached hydrogen (secondary N) is 2. The van der Waals surface area contributed by atoms with Crippen molar-refractivity contribution < 1.29 is 14.7 Å². The molecule has 1 atom stereocenters. The number of para-hydroxylation sites is 1. The highest BCUT2D eigenvalue weighted by molar-refractivity contribution is 6.42. The largest absolute Gasteiger partial charge is 0.359 e. The lowest BCUT2D eigenvalue weighted by atomic mass is 9.94. The van der Waals surface area contributed by atoms with Gasteiger partial charge in [0.25, 0.3) is 11.6 Å². The number of anilines is 2. The fourth-order valence-electron chi connectivity index (χ4n) is 3.57. The molecule has 1 aliphatic heterocycles. The third-order valence-electron chi connectivity index (χ3n) is 5.09. The molecule has 0 aliphatic carbocycles. The number of fused-ring (bicyclic) bond motifs is 1. The molecule has 3 aromatic rings. The Morgan fingerprint density at radius 1 is 1.00 bits per heavy atom. The van der Waals surface area contributed by atoms with Crippen LogP contribution in [0.3, 0.4) is 0 Å². The van der Waals surface area contributed by atoms with E-state index in [1.807, 2.05) is 30.3 Å². The molecule has 3 amide bonds. The summed E-state index contributed by atoms with van der Waals surface area (Å²) in [5, 5.41) is 17.7. The highest BCUT2D eigenvalue weighted by Gasteiger charge is 2.51. The van der Waals surface area contributed by atoms with Crippen molar-refractivity contribution in [2.45, 2.75) is 12.1 Å². The molecule has 0 saturated heterocycles. The molecule has 0 saturated carbocycles. The fraction of sp³-hybridized carbons (Fsp3) is 0.130. The van der Waals surface area contributed by atoms with Gasteiger partial charge in [0, 0.05) is 12.1 Å². The van der Waals surface area contributed by atoms with E-state index in [0.717, 1.165) is 10.5 Å². The van der Waals surface area contributed by atoms with E-state index in [2.05, 4.69) is 10.6 Å². The number of aliphatic hydroxyl groups is 1. The number of nitrogens with zero attached hydrogens (tertiary/aromatic N) is 1. The minimum Gasteiger partial charge on any atom is -0.359 e. The molecule has 1 heterocycles. The molecular weight excluding hydrogens is 437 g/mol. The van der Waals surface area contributed by atoms with Gasteiger partial charge in [0.1, 0.15) is 0 Å². The third kappa shape index (κ3) is 3.97. The zero-order chi connectivity index (χ0) is 22.0. The van der Waals surface area contributed by atoms with Gasteiger partial charge in [-0.1, -0.05) is 71.7 Å². The van der Waals surface area contributed by atoms with Crippen molar-refractivity contribution in [1.29, 1.82) is 0 Å². The first-order chi connectivity index (χ1) is 14.9. The van der Waals surface area contributed by atoms with Crippen molar-refractivity contribution >= 4 is 46.5 Å². The standard InChI is InChI=1S/C23H19Cl2N3O3/c24-18-11-10-16(14-19(18)25)28-22(30)27-20-9-5-4-8-17(20)23(28,31)21(29)26-13-12-15-6-2-1-3-7-15/h1-11,14,31H,12-13H2,(H,26,29)(H,27,30)/t23-/m0/s1. The van der Waals surface area contributed by atoms with E-state index in [-0.39, 0.29) is 22.8 Å². The summed E-state index contributed by atoms with van der Waals surface area (Å²) >= 11 is 12.1. The van der Waals surface area contributed by atoms with Crippen LogP contribution < -0.4 is 15.5 Å². The molecule has 0 bridgehead atoms. The van der Waals surface area contributed by atoms with Gasteiger partial charge in [-0.15, -0.1) is 0 Å². The number of amides is 3. The van der Waals surface area contributed by atoms with E-state index in [9.17, 15) is 14.7 Å². The summed E-state index contributed by atoms with van der Waals surface area (Å²) in [7, 11) is 0. The van der Waals surface area contributed by atoms with Crippen LogP contribution in [-0.4, -0.2) is 23.6 Å². The number of carbonyl (C=O) groups excluding carboxylic acids is 2. The first-order valence-electron chi connectivity index (χ1n) is 9.61. The predicted molar refractivity (Wildman–Crippen MR) is 121 cm³/mol. The Balaban J connectivity index is 1.70. The lowest BCUT2D eigenvalue weighted by molar-refractivity contribution is -0.140. The molecule has 6 nitrogen and oxygen atoms in total. The Morgan fingerprint density at radius 3 is 2.45 bits per heavy atom. The summed E-state index contributed by atoms with van der Waals surface area (Å²) in [5.41, 5.74) is -0.422. The van der Waals surface area contributed by atoms with Crippen LogP contribution in [0.5, 0.6) is 0 Å². The number of hydrogen-bond donors (Lipinski definition) is 3. The molecule has 3 aromatic carbocycles. The second kappa shape index (κ2) is 8.59. The van der Waals surface area contributed by atoms with Gasteiger partial charge in [0.2, 0.25) is 0 Å². The minimum atomic E-state index is -2.28. The Labute approximate surface area is 189 Å². The second-order valence-corrected chi connectivity index (χ2v) is 7.89. The molecule has 1 aliphatic rings. The summed E-state index contributed by atoms with van der Waals surface area (Å²) in [6, 6.07) is 20.0. The highest BCUT2D eigenvalue weighted by atomic mass is 35.5. The van der Waals surface area contributed by atoms with Crippen molar-refractivity contribution in [3.05, 3.63) is 94.0 Å². The van der Waals surface area contributed by atoms with Crippen LogP contribution in [0, 0.1) is 0 Å². The molecule has 0 unspecified atom stereocenters. The zero-order valence-corrected chi connectivity index (χ0v) is 17.8. The van der Waals surface area contributed by atoms with Crippen LogP contribution >= 0.6 is 23.2 Å². The molecule has 158 valence electrons. The summed E-state index contributed by atoms with van der Waals surface area (Å²) in [5.74, 6) is -0.725. The van der Waals surface area contributed by atoms with Crippen LogP contribution in [0.15, 0.2) is 72.8 Å². The molecule has 0 radical (unpaired) electrons. The van der Waals surface area contributed by atoms with Crippen molar-refractivity contribution in [3.63, 3.8) is 0 Å². The van der Waals surface area contributed by atoms with E-state index in [4.69, 9.17) is 23.2 Å². The van der Waals surface area contributed by atoms with Crippen LogP contribution in [0.2, 0.25) is 10.0 Å². The lowest BCUT2D eigenvalue weighted by Crippen LogP contribution is -2.62. The van der Waals surface area contributed by atoms with Gasteiger partial charge in [-0.25, -0.2) is 4.79 Å². The van der Waals surface area contributed by atoms with E-state index >= 15 is 0 Å². The number of carbonyl (C=O) groups is 2. The van der Waals surface area contributed by atoms with Crippen LogP contribution in [0.1, 0.15) is 11.1 Å². The maximum atomic E-state index is 13.3. The fourth-order valence-corrected chi connectivity index (χ4v) is 3.87. The number of rotatable bonds is 5. The van der Waals surface area contributed by atoms with Crippen LogP contribution in [0.25, 0.3) is 0 Å². The Bertz CT molecular complexity index is 1140. The maximum absolute atomic E-state index is 13.3. The third-order valence-corrected chi connectivity index (χ3v) is 5.83. The highest BCUT2D eigenvalue weighted by Crippen LogP contribution is 2.41. The smallest absolute Gasteiger partial charge is 0.329 e. The topological polar surface area (TPSA) is 81.7 Å². The van der Waals surface area contributed by atoms with Gasteiger partial charge in [0.15, 0.2) is 0 Å². The molecule has 3 N–H and O–H groups in total. The molecular formula is C23H19Cl2N3O3. The second-order valence-electron chi connectivity index (χ2n) is 7.07. The predicted octanol–water partition coefficient (Wildman–Crippen LogP) is 4.55. The average molecular weight is 456 g/mol. The normalized spacial score (nSPS) is 17.6. The Morgan fingerprint density at radius 2 is 1.71 bits per heavy atom. The van der Waals surface area contributed by atoms with Gasteiger partial charge < -0.3 is 15.7 Å². The van der Waals surface area contributed by atoms with E-state index in [1.54, 1.807) is 24.3 Å². The Hall–Kier alpha value is -3.06. The lowest BCUT2D eigenvalue weighted by Gasteiger charge is -2.42. The summed E-state index contributed by atoms with van der Waals surface area (Å²) in [6.07, 6.45) is 0.573. The summed E-state index contributed by atoms with van der Waals surface area (Å²) in [6.45, 7) is 0.282. The van der Waals surface area contributed by atoms with Gasteiger partial charge >= 0.3 is 6.03 Å². The first kappa shape index (κ1) is 21.2. The number of hydrogen-bond acceptors (Lipinski definition) is 3. The molecule has 4 rings (SSSR count). The molecule has 0 fully saturated rings.